The van der Waals surface area contributed by atoms with E-state index in [0.717, 1.165) is 31.4 Å². The molecule has 3 aromatic rings. The summed E-state index contributed by atoms with van der Waals surface area (Å²) in [5, 5.41) is 3.62. The maximum absolute atomic E-state index is 12.3. The Bertz CT molecular complexity index is 1030. The van der Waals surface area contributed by atoms with Crippen LogP contribution in [0.25, 0.3) is 20.9 Å². The van der Waals surface area contributed by atoms with E-state index in [-0.39, 0.29) is 31.2 Å². The average molecular weight is 380 g/mol. The molecule has 136 valence electrons. The van der Waals surface area contributed by atoms with Crippen LogP contribution in [0.2, 0.25) is 0 Å². The fraction of sp³-hybridized carbons (Fsp3) is 0.211. The number of hydrogen-bond donors (Lipinski definition) is 1. The van der Waals surface area contributed by atoms with E-state index in [2.05, 4.69) is 15.3 Å². The summed E-state index contributed by atoms with van der Waals surface area (Å²) in [5.74, 6) is -1.00. The average Bonchev–Trinajstić information content (AvgIpc) is 3.22. The van der Waals surface area contributed by atoms with Gasteiger partial charge in [0.05, 0.1) is 0 Å². The van der Waals surface area contributed by atoms with Gasteiger partial charge >= 0.3 is 0 Å². The maximum Gasteiger partial charge on any atom is 0.244 e. The minimum Gasteiger partial charge on any atom is -0.324 e. The van der Waals surface area contributed by atoms with E-state index in [1.54, 1.807) is 12.3 Å². The number of carbonyl (C=O) groups excluding carboxylic acids is 3. The summed E-state index contributed by atoms with van der Waals surface area (Å²) in [5.41, 5.74) is 3.23. The molecule has 27 heavy (non-hydrogen) atoms. The Morgan fingerprint density at radius 3 is 2.70 bits per heavy atom. The number of hydrogen-bond acceptors (Lipinski definition) is 6. The molecule has 0 radical (unpaired) electrons. The van der Waals surface area contributed by atoms with E-state index in [9.17, 15) is 14.4 Å². The van der Waals surface area contributed by atoms with Gasteiger partial charge in [0.15, 0.2) is 0 Å². The molecule has 0 unspecified atom stereocenters. The minimum absolute atomic E-state index is 0.173. The molecule has 0 atom stereocenters. The monoisotopic (exact) mass is 380 g/mol. The van der Waals surface area contributed by atoms with Crippen molar-refractivity contribution >= 4 is 45.1 Å². The number of thiazole rings is 1. The molecule has 3 heterocycles. The molecule has 0 saturated carbocycles. The number of anilines is 1. The van der Waals surface area contributed by atoms with Gasteiger partial charge in [-0.25, -0.2) is 9.97 Å². The zero-order chi connectivity index (χ0) is 19.0. The lowest BCUT2D eigenvalue weighted by Gasteiger charge is -2.15. The molecule has 4 rings (SSSR count). The summed E-state index contributed by atoms with van der Waals surface area (Å²) in [6, 6.07) is 9.32. The SMILES string of the molecule is Cc1c(NC(=O)CN2C(=O)CCC2=O)cccc1-c1nc2cccnc2s1. The third kappa shape index (κ3) is 3.31. The fourth-order valence-corrected chi connectivity index (χ4v) is 4.01. The van der Waals surface area contributed by atoms with Gasteiger partial charge in [-0.05, 0) is 30.7 Å². The third-order valence-corrected chi connectivity index (χ3v) is 5.47. The smallest absolute Gasteiger partial charge is 0.244 e. The Hall–Kier alpha value is -3.13. The first-order valence-electron chi connectivity index (χ1n) is 8.47. The summed E-state index contributed by atoms with van der Waals surface area (Å²) in [6.45, 7) is 1.64. The highest BCUT2D eigenvalue weighted by Crippen LogP contribution is 2.33. The Labute approximate surface area is 159 Å². The number of amides is 3. The van der Waals surface area contributed by atoms with Crippen molar-refractivity contribution in [3.05, 3.63) is 42.1 Å². The molecule has 1 aliphatic heterocycles. The van der Waals surface area contributed by atoms with E-state index in [1.165, 1.54) is 11.3 Å². The van der Waals surface area contributed by atoms with Crippen molar-refractivity contribution in [2.45, 2.75) is 19.8 Å². The second-order valence-electron chi connectivity index (χ2n) is 6.25. The van der Waals surface area contributed by atoms with E-state index >= 15 is 0 Å². The van der Waals surface area contributed by atoms with Gasteiger partial charge in [-0.2, -0.15) is 0 Å². The molecule has 3 amide bonds. The number of carbonyl (C=O) groups is 3. The summed E-state index contributed by atoms with van der Waals surface area (Å²) < 4.78 is 0. The van der Waals surface area contributed by atoms with Gasteiger partial charge in [0.25, 0.3) is 0 Å². The quantitative estimate of drug-likeness (QED) is 0.703. The summed E-state index contributed by atoms with van der Waals surface area (Å²) in [7, 11) is 0. The van der Waals surface area contributed by atoms with Crippen LogP contribution in [-0.4, -0.2) is 39.1 Å². The van der Waals surface area contributed by atoms with Gasteiger partial charge in [0.2, 0.25) is 17.7 Å². The first kappa shape index (κ1) is 17.3. The lowest BCUT2D eigenvalue weighted by atomic mass is 10.1. The van der Waals surface area contributed by atoms with Crippen molar-refractivity contribution in [3.8, 4) is 10.6 Å². The molecule has 0 spiro atoms. The number of aromatic nitrogens is 2. The van der Waals surface area contributed by atoms with Crippen molar-refractivity contribution in [2.24, 2.45) is 0 Å². The van der Waals surface area contributed by atoms with Crippen LogP contribution >= 0.6 is 11.3 Å². The zero-order valence-electron chi connectivity index (χ0n) is 14.6. The molecular weight excluding hydrogens is 364 g/mol. The van der Waals surface area contributed by atoms with Gasteiger partial charge in [-0.15, -0.1) is 0 Å². The summed E-state index contributed by atoms with van der Waals surface area (Å²) in [6.07, 6.45) is 2.08. The van der Waals surface area contributed by atoms with Crippen molar-refractivity contribution < 1.29 is 14.4 Å². The fourth-order valence-electron chi connectivity index (χ4n) is 3.02. The molecule has 0 aliphatic carbocycles. The minimum atomic E-state index is -0.398. The van der Waals surface area contributed by atoms with Crippen LogP contribution < -0.4 is 5.32 Å². The van der Waals surface area contributed by atoms with E-state index < -0.39 is 5.91 Å². The molecule has 2 aromatic heterocycles. The summed E-state index contributed by atoms with van der Waals surface area (Å²) >= 11 is 1.49. The van der Waals surface area contributed by atoms with Crippen molar-refractivity contribution in [2.75, 3.05) is 11.9 Å². The van der Waals surface area contributed by atoms with Crippen LogP contribution in [-0.2, 0) is 14.4 Å². The van der Waals surface area contributed by atoms with Gasteiger partial charge in [-0.3, -0.25) is 19.3 Å². The van der Waals surface area contributed by atoms with E-state index in [0.29, 0.717) is 5.69 Å². The molecule has 8 heteroatoms. The van der Waals surface area contributed by atoms with Crippen molar-refractivity contribution in [1.29, 1.82) is 0 Å². The number of nitrogens with one attached hydrogen (secondary N) is 1. The Morgan fingerprint density at radius 1 is 1.19 bits per heavy atom. The lowest BCUT2D eigenvalue weighted by molar-refractivity contribution is -0.141. The van der Waals surface area contributed by atoms with Crippen molar-refractivity contribution in [3.63, 3.8) is 0 Å². The van der Waals surface area contributed by atoms with Crippen molar-refractivity contribution in [1.82, 2.24) is 14.9 Å². The highest BCUT2D eigenvalue weighted by atomic mass is 32.1. The van der Waals surface area contributed by atoms with E-state index in [1.807, 2.05) is 31.2 Å². The van der Waals surface area contributed by atoms with Gasteiger partial charge < -0.3 is 5.32 Å². The number of likely N-dealkylation sites (tertiary alicyclic amines) is 1. The highest BCUT2D eigenvalue weighted by molar-refractivity contribution is 7.21. The number of rotatable bonds is 4. The third-order valence-electron chi connectivity index (χ3n) is 4.46. The number of benzene rings is 1. The van der Waals surface area contributed by atoms with Gasteiger partial charge in [-0.1, -0.05) is 23.5 Å². The van der Waals surface area contributed by atoms with Crippen LogP contribution in [0.15, 0.2) is 36.5 Å². The summed E-state index contributed by atoms with van der Waals surface area (Å²) in [4.78, 5) is 46.5. The molecule has 1 aliphatic rings. The number of fused-ring (bicyclic) bond motifs is 1. The second kappa shape index (κ2) is 6.88. The van der Waals surface area contributed by atoms with Crippen LogP contribution in [0.5, 0.6) is 0 Å². The molecule has 1 N–H and O–H groups in total. The zero-order valence-corrected chi connectivity index (χ0v) is 15.4. The molecule has 0 bridgehead atoms. The van der Waals surface area contributed by atoms with Crippen LogP contribution in [0.3, 0.4) is 0 Å². The molecule has 1 fully saturated rings. The predicted octanol–water partition coefficient (Wildman–Crippen LogP) is 2.75. The normalized spacial score (nSPS) is 14.2. The predicted molar refractivity (Wildman–Crippen MR) is 102 cm³/mol. The topological polar surface area (TPSA) is 92.3 Å². The first-order valence-corrected chi connectivity index (χ1v) is 9.29. The second-order valence-corrected chi connectivity index (χ2v) is 7.22. The molecule has 1 aromatic carbocycles. The number of imide groups is 1. The first-order chi connectivity index (χ1) is 13.0. The lowest BCUT2D eigenvalue weighted by Crippen LogP contribution is -2.37. The van der Waals surface area contributed by atoms with Gasteiger partial charge in [0.1, 0.15) is 21.9 Å². The molecule has 7 nitrogen and oxygen atoms in total. The van der Waals surface area contributed by atoms with Crippen LogP contribution in [0.4, 0.5) is 5.69 Å². The highest BCUT2D eigenvalue weighted by Gasteiger charge is 2.30. The largest absolute Gasteiger partial charge is 0.324 e. The molecular formula is C19H16N4O3S. The standard InChI is InChI=1S/C19H16N4O3S/c1-11-12(18-22-14-6-3-9-20-19(14)27-18)4-2-5-13(11)21-15(24)10-23-16(25)7-8-17(23)26/h2-6,9H,7-8,10H2,1H3,(H,21,24). The van der Waals surface area contributed by atoms with Gasteiger partial charge in [0, 0.05) is 30.3 Å². The maximum atomic E-state index is 12.3. The van der Waals surface area contributed by atoms with E-state index in [4.69, 9.17) is 0 Å². The number of nitrogens with zero attached hydrogens (tertiary/aromatic N) is 3. The number of pyridine rings is 1. The van der Waals surface area contributed by atoms with Crippen LogP contribution in [0, 0.1) is 6.92 Å². The Kier molecular flexibility index (Phi) is 4.41. The molecule has 1 saturated heterocycles. The Balaban J connectivity index is 1.57. The van der Waals surface area contributed by atoms with Crippen LogP contribution in [0.1, 0.15) is 18.4 Å². The Morgan fingerprint density at radius 2 is 1.96 bits per heavy atom.